The molecule has 2 atom stereocenters. The molecule has 0 saturated carbocycles. The molecule has 1 aromatic heterocycles. The van der Waals surface area contributed by atoms with Crippen LogP contribution in [0.15, 0.2) is 29.5 Å². The summed E-state index contributed by atoms with van der Waals surface area (Å²) in [5.74, 6) is 0.745. The molecular weight excluding hydrogens is 178 g/mol. The number of aromatic nitrogens is 1. The van der Waals surface area contributed by atoms with E-state index < -0.39 is 0 Å². The number of nitrogens with zero attached hydrogens (tertiary/aromatic N) is 2. The van der Waals surface area contributed by atoms with Gasteiger partial charge in [-0.15, -0.1) is 0 Å². The number of ether oxygens (including phenoxy) is 1. The molecule has 1 saturated heterocycles. The number of aliphatic imine (C=N–C) groups is 1. The normalized spacial score (nSPS) is 29.6. The van der Waals surface area contributed by atoms with Gasteiger partial charge in [0.15, 0.2) is 0 Å². The first-order valence-electron chi connectivity index (χ1n) is 4.79. The molecular formula is C10H11N3O. The number of hydrogen-bond acceptors (Lipinski definition) is 4. The zero-order valence-corrected chi connectivity index (χ0v) is 7.68. The average Bonchev–Trinajstić information content (AvgIpc) is 2.78. The number of fused-ring (bicyclic) bond motifs is 1. The van der Waals surface area contributed by atoms with E-state index in [1.54, 1.807) is 12.4 Å². The zero-order chi connectivity index (χ0) is 9.38. The molecule has 0 aliphatic carbocycles. The molecule has 0 amide bonds. The Labute approximate surface area is 82.0 Å². The highest BCUT2D eigenvalue weighted by molar-refractivity contribution is 5.95. The van der Waals surface area contributed by atoms with E-state index >= 15 is 0 Å². The highest BCUT2D eigenvalue weighted by Gasteiger charge is 2.35. The van der Waals surface area contributed by atoms with Gasteiger partial charge >= 0.3 is 0 Å². The Hall–Kier alpha value is -1.42. The minimum atomic E-state index is 0.227. The van der Waals surface area contributed by atoms with E-state index in [-0.39, 0.29) is 6.10 Å². The van der Waals surface area contributed by atoms with Crippen molar-refractivity contribution in [3.05, 3.63) is 30.1 Å². The third kappa shape index (κ3) is 1.19. The van der Waals surface area contributed by atoms with Gasteiger partial charge in [-0.3, -0.25) is 4.98 Å². The highest BCUT2D eigenvalue weighted by atomic mass is 16.5. The highest BCUT2D eigenvalue weighted by Crippen LogP contribution is 2.19. The molecule has 2 unspecified atom stereocenters. The van der Waals surface area contributed by atoms with E-state index in [9.17, 15) is 0 Å². The second-order valence-electron chi connectivity index (χ2n) is 3.56. The molecule has 72 valence electrons. The lowest BCUT2D eigenvalue weighted by Crippen LogP contribution is -2.20. The van der Waals surface area contributed by atoms with E-state index in [2.05, 4.69) is 15.3 Å². The number of pyridine rings is 1. The molecule has 1 N–H and O–H groups in total. The first-order valence-corrected chi connectivity index (χ1v) is 4.79. The van der Waals surface area contributed by atoms with Gasteiger partial charge in [0, 0.05) is 25.5 Å². The van der Waals surface area contributed by atoms with E-state index in [0.29, 0.717) is 6.04 Å². The van der Waals surface area contributed by atoms with Crippen LogP contribution in [0.25, 0.3) is 0 Å². The lowest BCUT2D eigenvalue weighted by Gasteiger charge is -2.07. The summed E-state index contributed by atoms with van der Waals surface area (Å²) >= 11 is 0. The maximum Gasteiger partial charge on any atom is 0.218 e. The average molecular weight is 189 g/mol. The second-order valence-corrected chi connectivity index (χ2v) is 3.56. The fourth-order valence-corrected chi connectivity index (χ4v) is 1.85. The van der Waals surface area contributed by atoms with Crippen LogP contribution in [0, 0.1) is 0 Å². The van der Waals surface area contributed by atoms with Crippen molar-refractivity contribution in [1.29, 1.82) is 0 Å². The summed E-state index contributed by atoms with van der Waals surface area (Å²) in [5, 5.41) is 3.25. The lowest BCUT2D eigenvalue weighted by atomic mass is 10.2. The Morgan fingerprint density at radius 3 is 3.21 bits per heavy atom. The molecule has 4 nitrogen and oxygen atoms in total. The van der Waals surface area contributed by atoms with E-state index in [1.807, 2.05) is 12.1 Å². The number of hydrogen-bond donors (Lipinski definition) is 1. The maximum atomic E-state index is 5.72. The molecule has 14 heavy (non-hydrogen) atoms. The summed E-state index contributed by atoms with van der Waals surface area (Å²) in [4.78, 5) is 8.56. The third-order valence-electron chi connectivity index (χ3n) is 2.58. The summed E-state index contributed by atoms with van der Waals surface area (Å²) in [7, 11) is 0. The Bertz CT molecular complexity index is 363. The summed E-state index contributed by atoms with van der Waals surface area (Å²) in [6.07, 6.45) is 3.76. The molecule has 0 aromatic carbocycles. The Balaban J connectivity index is 1.88. The van der Waals surface area contributed by atoms with Gasteiger partial charge in [-0.2, -0.15) is 0 Å². The summed E-state index contributed by atoms with van der Waals surface area (Å²) < 4.78 is 5.72. The fourth-order valence-electron chi connectivity index (χ4n) is 1.85. The standard InChI is InChI=1S/C10H11N3O/c1-2-7(4-11-3-1)10-13-8-5-12-6-9(8)14-10/h1-4,8-9,12H,5-6H2. The van der Waals surface area contributed by atoms with Crippen LogP contribution in [0.5, 0.6) is 0 Å². The van der Waals surface area contributed by atoms with E-state index in [4.69, 9.17) is 4.74 Å². The van der Waals surface area contributed by atoms with Crippen molar-refractivity contribution in [1.82, 2.24) is 10.3 Å². The van der Waals surface area contributed by atoms with Crippen LogP contribution < -0.4 is 5.32 Å². The predicted octanol–water partition coefficient (Wildman–Crippen LogP) is 0.199. The summed E-state index contributed by atoms with van der Waals surface area (Å²) in [6.45, 7) is 1.83. The molecule has 2 aliphatic rings. The zero-order valence-electron chi connectivity index (χ0n) is 7.68. The number of nitrogens with one attached hydrogen (secondary N) is 1. The van der Waals surface area contributed by atoms with E-state index in [1.165, 1.54) is 0 Å². The van der Waals surface area contributed by atoms with Gasteiger partial charge in [0.2, 0.25) is 5.90 Å². The first kappa shape index (κ1) is 7.94. The Morgan fingerprint density at radius 2 is 2.43 bits per heavy atom. The van der Waals surface area contributed by atoms with Gasteiger partial charge in [0.25, 0.3) is 0 Å². The van der Waals surface area contributed by atoms with Crippen LogP contribution in [0.2, 0.25) is 0 Å². The second kappa shape index (κ2) is 3.06. The van der Waals surface area contributed by atoms with Gasteiger partial charge in [-0.05, 0) is 12.1 Å². The Morgan fingerprint density at radius 1 is 1.43 bits per heavy atom. The summed E-state index contributed by atoms with van der Waals surface area (Å²) in [5.41, 5.74) is 0.974. The van der Waals surface area contributed by atoms with Crippen molar-refractivity contribution in [2.75, 3.05) is 13.1 Å². The summed E-state index contributed by atoms with van der Waals surface area (Å²) in [6, 6.07) is 4.17. The first-order chi connectivity index (χ1) is 6.93. The number of rotatable bonds is 1. The van der Waals surface area contributed by atoms with Crippen molar-refractivity contribution in [2.45, 2.75) is 12.1 Å². The Kier molecular flexibility index (Phi) is 1.73. The van der Waals surface area contributed by atoms with Gasteiger partial charge in [0.05, 0.1) is 5.56 Å². The largest absolute Gasteiger partial charge is 0.470 e. The van der Waals surface area contributed by atoms with Crippen LogP contribution in [-0.2, 0) is 4.74 Å². The predicted molar refractivity (Wildman–Crippen MR) is 52.3 cm³/mol. The van der Waals surface area contributed by atoms with Crippen LogP contribution in [0.4, 0.5) is 0 Å². The molecule has 2 aliphatic heterocycles. The maximum absolute atomic E-state index is 5.72. The van der Waals surface area contributed by atoms with Gasteiger partial charge in [0.1, 0.15) is 12.1 Å². The van der Waals surface area contributed by atoms with Crippen molar-refractivity contribution >= 4 is 5.90 Å². The van der Waals surface area contributed by atoms with Crippen LogP contribution >= 0.6 is 0 Å². The van der Waals surface area contributed by atoms with Crippen molar-refractivity contribution in [3.8, 4) is 0 Å². The molecule has 0 radical (unpaired) electrons. The van der Waals surface area contributed by atoms with Crippen molar-refractivity contribution in [2.24, 2.45) is 4.99 Å². The van der Waals surface area contributed by atoms with Crippen molar-refractivity contribution < 1.29 is 4.74 Å². The SMILES string of the molecule is c1cncc(C2=NC3CNCC3O2)c1. The topological polar surface area (TPSA) is 46.5 Å². The molecule has 1 fully saturated rings. The molecule has 1 aromatic rings. The molecule has 0 bridgehead atoms. The molecule has 3 rings (SSSR count). The third-order valence-corrected chi connectivity index (χ3v) is 2.58. The quantitative estimate of drug-likeness (QED) is 0.686. The molecule has 0 spiro atoms. The van der Waals surface area contributed by atoms with Crippen LogP contribution in [-0.4, -0.2) is 36.1 Å². The smallest absolute Gasteiger partial charge is 0.218 e. The minimum absolute atomic E-state index is 0.227. The van der Waals surface area contributed by atoms with Gasteiger partial charge in [-0.1, -0.05) is 0 Å². The van der Waals surface area contributed by atoms with Crippen molar-refractivity contribution in [3.63, 3.8) is 0 Å². The lowest BCUT2D eigenvalue weighted by molar-refractivity contribution is 0.225. The minimum Gasteiger partial charge on any atom is -0.470 e. The van der Waals surface area contributed by atoms with Gasteiger partial charge < -0.3 is 10.1 Å². The molecule has 4 heteroatoms. The van der Waals surface area contributed by atoms with Crippen LogP contribution in [0.1, 0.15) is 5.56 Å². The van der Waals surface area contributed by atoms with Gasteiger partial charge in [-0.25, -0.2) is 4.99 Å². The van der Waals surface area contributed by atoms with Crippen LogP contribution in [0.3, 0.4) is 0 Å². The molecule has 3 heterocycles. The fraction of sp³-hybridized carbons (Fsp3) is 0.400. The van der Waals surface area contributed by atoms with E-state index in [0.717, 1.165) is 24.6 Å². The monoisotopic (exact) mass is 189 g/mol.